The molecule has 1 fully saturated rings. The second-order valence-corrected chi connectivity index (χ2v) is 9.88. The molecule has 0 radical (unpaired) electrons. The highest BCUT2D eigenvalue weighted by molar-refractivity contribution is 8.19. The van der Waals surface area contributed by atoms with Crippen LogP contribution in [0.1, 0.15) is 11.1 Å². The van der Waals surface area contributed by atoms with Crippen molar-refractivity contribution >= 4 is 62.7 Å². The molecule has 0 spiro atoms. The Balaban J connectivity index is 1.42. The summed E-state index contributed by atoms with van der Waals surface area (Å²) in [5.74, 6) is 0.991. The molecule has 9 heteroatoms. The summed E-state index contributed by atoms with van der Waals surface area (Å²) in [6, 6.07) is 22.5. The number of hydrogen-bond acceptors (Lipinski definition) is 7. The quantitative estimate of drug-likeness (QED) is 0.235. The molecule has 180 valence electrons. The van der Waals surface area contributed by atoms with E-state index >= 15 is 0 Å². The van der Waals surface area contributed by atoms with Gasteiger partial charge in [0, 0.05) is 22.2 Å². The van der Waals surface area contributed by atoms with Gasteiger partial charge in [-0.25, -0.2) is 4.98 Å². The van der Waals surface area contributed by atoms with Gasteiger partial charge in [-0.15, -0.1) is 11.3 Å². The maximum absolute atomic E-state index is 13.4. The summed E-state index contributed by atoms with van der Waals surface area (Å²) in [5.41, 5.74) is 2.43. The van der Waals surface area contributed by atoms with Crippen LogP contribution in [-0.4, -0.2) is 23.2 Å². The average Bonchev–Trinajstić information content (AvgIpc) is 3.52. The fourth-order valence-electron chi connectivity index (χ4n) is 3.52. The van der Waals surface area contributed by atoms with Crippen LogP contribution >= 0.6 is 34.7 Å². The number of benzene rings is 3. The molecule has 6 nitrogen and oxygen atoms in total. The zero-order valence-electron chi connectivity index (χ0n) is 19.1. The van der Waals surface area contributed by atoms with Gasteiger partial charge in [0.25, 0.3) is 5.91 Å². The van der Waals surface area contributed by atoms with E-state index in [1.165, 1.54) is 23.1 Å². The van der Waals surface area contributed by atoms with Gasteiger partial charge in [-0.2, -0.15) is 4.99 Å². The number of anilines is 1. The Labute approximate surface area is 221 Å². The molecular weight excluding hydrogens is 514 g/mol. The van der Waals surface area contributed by atoms with Gasteiger partial charge in [-0.3, -0.25) is 9.69 Å². The Morgan fingerprint density at radius 1 is 1.06 bits per heavy atom. The molecule has 1 aliphatic rings. The van der Waals surface area contributed by atoms with Crippen molar-refractivity contribution in [1.29, 1.82) is 0 Å². The summed E-state index contributed by atoms with van der Waals surface area (Å²) < 4.78 is 11.5. The Kier molecular flexibility index (Phi) is 7.36. The number of amides is 1. The van der Waals surface area contributed by atoms with Gasteiger partial charge >= 0.3 is 0 Å². The number of carbonyl (C=O) groups excluding carboxylic acids is 1. The fourth-order valence-corrected chi connectivity index (χ4v) is 5.26. The molecule has 5 rings (SSSR count). The van der Waals surface area contributed by atoms with E-state index in [1.54, 1.807) is 18.2 Å². The average molecular weight is 534 g/mol. The number of halogens is 1. The van der Waals surface area contributed by atoms with Crippen LogP contribution in [0, 0.1) is 0 Å². The van der Waals surface area contributed by atoms with E-state index in [1.807, 2.05) is 84.3 Å². The molecule has 0 bridgehead atoms. The second kappa shape index (κ2) is 11.0. The van der Waals surface area contributed by atoms with Crippen molar-refractivity contribution < 1.29 is 14.3 Å². The highest BCUT2D eigenvalue weighted by Gasteiger charge is 2.35. The van der Waals surface area contributed by atoms with Crippen molar-refractivity contribution in [3.8, 4) is 11.5 Å². The van der Waals surface area contributed by atoms with E-state index in [2.05, 4.69) is 9.98 Å². The number of hydrogen-bond donors (Lipinski definition) is 0. The van der Waals surface area contributed by atoms with E-state index in [4.69, 9.17) is 21.1 Å². The summed E-state index contributed by atoms with van der Waals surface area (Å²) in [6.45, 7) is 0.313. The molecule has 1 aliphatic heterocycles. The minimum Gasteiger partial charge on any atom is -0.493 e. The first kappa shape index (κ1) is 24.1. The molecule has 36 heavy (non-hydrogen) atoms. The Bertz CT molecular complexity index is 1440. The van der Waals surface area contributed by atoms with Gasteiger partial charge in [0.1, 0.15) is 6.61 Å². The first-order valence-electron chi connectivity index (χ1n) is 10.9. The molecule has 0 unspecified atom stereocenters. The standard InChI is InChI=1S/C27H20ClN3O3S2/c1-33-23-15-18(11-12-22(23)34-17-19-7-5-6-10-21(19)28)16-24-25(32)31(20-8-3-2-4-9-20)27(36-24)30-26-29-13-14-35-26/h2-16H,17H2,1H3/b24-16-,30-27+. The fraction of sp³-hybridized carbons (Fsp3) is 0.0741. The van der Waals surface area contributed by atoms with Gasteiger partial charge in [0.2, 0.25) is 5.13 Å². The summed E-state index contributed by atoms with van der Waals surface area (Å²) in [5, 5.41) is 3.65. The number of thioether (sulfide) groups is 1. The van der Waals surface area contributed by atoms with Crippen LogP contribution in [0.15, 0.2) is 94.3 Å². The first-order chi connectivity index (χ1) is 17.6. The smallest absolute Gasteiger partial charge is 0.271 e. The Hall–Kier alpha value is -3.59. The van der Waals surface area contributed by atoms with Crippen LogP contribution in [0.5, 0.6) is 11.5 Å². The normalized spacial score (nSPS) is 15.6. The van der Waals surface area contributed by atoms with E-state index in [9.17, 15) is 4.79 Å². The zero-order valence-corrected chi connectivity index (χ0v) is 21.5. The predicted molar refractivity (Wildman–Crippen MR) is 147 cm³/mol. The van der Waals surface area contributed by atoms with Crippen LogP contribution in [0.3, 0.4) is 0 Å². The van der Waals surface area contributed by atoms with Gasteiger partial charge in [-0.1, -0.05) is 54.1 Å². The SMILES string of the molecule is COc1cc(/C=C2\S/C(=N/c3nccs3)N(c3ccccc3)C2=O)ccc1OCc1ccccc1Cl. The number of ether oxygens (including phenoxy) is 2. The van der Waals surface area contributed by atoms with Crippen LogP contribution in [0.25, 0.3) is 6.08 Å². The molecule has 1 saturated heterocycles. The van der Waals surface area contributed by atoms with Crippen molar-refractivity contribution in [1.82, 2.24) is 4.98 Å². The molecule has 0 atom stereocenters. The number of amidine groups is 1. The summed E-state index contributed by atoms with van der Waals surface area (Å²) in [7, 11) is 1.58. The van der Waals surface area contributed by atoms with Crippen LogP contribution in [0.2, 0.25) is 5.02 Å². The van der Waals surface area contributed by atoms with Crippen molar-refractivity contribution in [2.75, 3.05) is 12.0 Å². The number of para-hydroxylation sites is 1. The van der Waals surface area contributed by atoms with Crippen molar-refractivity contribution in [2.24, 2.45) is 4.99 Å². The highest BCUT2D eigenvalue weighted by atomic mass is 35.5. The third kappa shape index (κ3) is 5.31. The van der Waals surface area contributed by atoms with E-state index in [-0.39, 0.29) is 5.91 Å². The second-order valence-electron chi connectivity index (χ2n) is 7.59. The summed E-state index contributed by atoms with van der Waals surface area (Å²) >= 11 is 8.97. The topological polar surface area (TPSA) is 64.0 Å². The third-order valence-corrected chi connectivity index (χ3v) is 7.26. The molecular formula is C27H20ClN3O3S2. The highest BCUT2D eigenvalue weighted by Crippen LogP contribution is 2.38. The van der Waals surface area contributed by atoms with Gasteiger partial charge in [-0.05, 0) is 53.7 Å². The molecule has 4 aromatic rings. The molecule has 0 aliphatic carbocycles. The number of aromatic nitrogens is 1. The number of methoxy groups -OCH3 is 1. The molecule has 2 heterocycles. The van der Waals surface area contributed by atoms with Crippen LogP contribution in [0.4, 0.5) is 10.8 Å². The number of nitrogens with zero attached hydrogens (tertiary/aromatic N) is 3. The lowest BCUT2D eigenvalue weighted by atomic mass is 10.1. The van der Waals surface area contributed by atoms with Crippen LogP contribution < -0.4 is 14.4 Å². The minimum absolute atomic E-state index is 0.153. The van der Waals surface area contributed by atoms with Crippen molar-refractivity contribution in [3.05, 3.63) is 105 Å². The Morgan fingerprint density at radius 2 is 1.86 bits per heavy atom. The van der Waals surface area contributed by atoms with Gasteiger partial charge in [0.15, 0.2) is 16.7 Å². The lowest BCUT2D eigenvalue weighted by molar-refractivity contribution is -0.113. The lowest BCUT2D eigenvalue weighted by Gasteiger charge is -2.15. The van der Waals surface area contributed by atoms with E-state index in [0.29, 0.717) is 38.3 Å². The van der Waals surface area contributed by atoms with Crippen LogP contribution in [-0.2, 0) is 11.4 Å². The largest absolute Gasteiger partial charge is 0.493 e. The lowest BCUT2D eigenvalue weighted by Crippen LogP contribution is -2.28. The van der Waals surface area contributed by atoms with Crippen molar-refractivity contribution in [3.63, 3.8) is 0 Å². The maximum Gasteiger partial charge on any atom is 0.271 e. The molecule has 0 N–H and O–H groups in total. The van der Waals surface area contributed by atoms with Crippen molar-refractivity contribution in [2.45, 2.75) is 6.61 Å². The molecule has 1 aromatic heterocycles. The van der Waals surface area contributed by atoms with E-state index < -0.39 is 0 Å². The molecule has 3 aromatic carbocycles. The first-order valence-corrected chi connectivity index (χ1v) is 13.0. The number of thiazole rings is 1. The minimum atomic E-state index is -0.153. The maximum atomic E-state index is 13.4. The number of rotatable bonds is 7. The predicted octanol–water partition coefficient (Wildman–Crippen LogP) is 7.19. The monoisotopic (exact) mass is 533 g/mol. The number of aliphatic imine (C=N–C) groups is 1. The summed E-state index contributed by atoms with van der Waals surface area (Å²) in [4.78, 5) is 24.4. The molecule has 0 saturated carbocycles. The third-order valence-electron chi connectivity index (χ3n) is 5.26. The van der Waals surface area contributed by atoms with E-state index in [0.717, 1.165) is 16.8 Å². The zero-order chi connectivity index (χ0) is 24.9. The van der Waals surface area contributed by atoms with Gasteiger partial charge in [0.05, 0.1) is 17.7 Å². The Morgan fingerprint density at radius 3 is 2.61 bits per heavy atom. The number of carbonyl (C=O) groups is 1. The molecule has 1 amide bonds. The van der Waals surface area contributed by atoms with Gasteiger partial charge < -0.3 is 9.47 Å². The summed E-state index contributed by atoms with van der Waals surface area (Å²) in [6.07, 6.45) is 3.52.